The third kappa shape index (κ3) is 8.62. The lowest BCUT2D eigenvalue weighted by Gasteiger charge is -2.23. The van der Waals surface area contributed by atoms with Crippen molar-refractivity contribution in [2.45, 2.75) is 25.9 Å². The van der Waals surface area contributed by atoms with Crippen molar-refractivity contribution in [3.63, 3.8) is 0 Å². The van der Waals surface area contributed by atoms with Gasteiger partial charge in [-0.3, -0.25) is 0 Å². The molecule has 0 saturated heterocycles. The molecule has 1 N–H and O–H groups in total. The van der Waals surface area contributed by atoms with Crippen molar-refractivity contribution in [2.24, 2.45) is 0 Å². The van der Waals surface area contributed by atoms with Gasteiger partial charge in [-0.2, -0.15) is 35.9 Å². The zero-order chi connectivity index (χ0) is 28.3. The molecule has 1 amide bonds. The Labute approximate surface area is 222 Å². The molecule has 38 heavy (non-hydrogen) atoms. The van der Waals surface area contributed by atoms with E-state index in [1.165, 1.54) is 25.3 Å². The van der Waals surface area contributed by atoms with E-state index in [9.17, 15) is 26.4 Å². The first-order valence-electron chi connectivity index (χ1n) is 11.0. The molecule has 0 aliphatic rings. The first-order chi connectivity index (χ1) is 17.9. The molecular weight excluding hydrogens is 557 g/mol. The van der Waals surface area contributed by atoms with E-state index in [-0.39, 0.29) is 56.4 Å². The molecule has 1 heterocycles. The van der Waals surface area contributed by atoms with Crippen LogP contribution in [0.4, 0.5) is 18.0 Å². The number of benzene rings is 1. The number of nitriles is 1. The molecule has 0 atom stereocenters. The van der Waals surface area contributed by atoms with Crippen molar-refractivity contribution >= 4 is 27.9 Å². The molecule has 16 heteroatoms. The largest absolute Gasteiger partial charge is 0.487 e. The van der Waals surface area contributed by atoms with Gasteiger partial charge in [0.25, 0.3) is 0 Å². The molecule has 0 fully saturated rings. The highest BCUT2D eigenvalue weighted by Crippen LogP contribution is 2.42. The minimum atomic E-state index is -4.69. The number of ether oxygens (including phenoxy) is 4. The number of carbonyl (C=O) groups excluding carboxylic acids is 1. The van der Waals surface area contributed by atoms with Crippen LogP contribution in [0.1, 0.15) is 25.3 Å². The number of amides is 1. The summed E-state index contributed by atoms with van der Waals surface area (Å²) in [5.41, 5.74) is -1.11. The lowest BCUT2D eigenvalue weighted by molar-refractivity contribution is -0.137. The highest BCUT2D eigenvalue weighted by molar-refractivity contribution is 7.87. The summed E-state index contributed by atoms with van der Waals surface area (Å²) in [5, 5.41) is 8.17. The molecule has 2 rings (SSSR count). The lowest BCUT2D eigenvalue weighted by atomic mass is 10.2. The standard InChI is InChI=1S/C22H24ClF3N4O7S/c1-3-10-30(38(32,33)29-9-5-8-27)21(31)37-19-17(35-12-11-34-2)6-4-7-18(19)36-20-16(23)13-15(14-28-20)22(24,25)26/h4,6-7,13-14,29H,3,5,9-12H2,1-2H3. The minimum absolute atomic E-state index is 0.00349. The van der Waals surface area contributed by atoms with Gasteiger partial charge in [-0.05, 0) is 24.6 Å². The number of carbonyl (C=O) groups is 1. The average molecular weight is 581 g/mol. The molecule has 0 spiro atoms. The predicted octanol–water partition coefficient (Wildman–Crippen LogP) is 4.53. The van der Waals surface area contributed by atoms with Crippen LogP contribution in [0.3, 0.4) is 0 Å². The number of methoxy groups -OCH3 is 1. The Morgan fingerprint density at radius 2 is 1.97 bits per heavy atom. The number of pyridine rings is 1. The Morgan fingerprint density at radius 3 is 2.58 bits per heavy atom. The molecular formula is C22H24ClF3N4O7S. The molecule has 0 aliphatic carbocycles. The number of nitrogens with one attached hydrogen (secondary N) is 1. The number of nitrogens with zero attached hydrogens (tertiary/aromatic N) is 3. The van der Waals surface area contributed by atoms with Crippen LogP contribution in [0.25, 0.3) is 0 Å². The maximum atomic E-state index is 13.0. The van der Waals surface area contributed by atoms with Crippen molar-refractivity contribution in [3.05, 3.63) is 41.0 Å². The van der Waals surface area contributed by atoms with E-state index in [1.54, 1.807) is 13.0 Å². The Bertz CT molecular complexity index is 1260. The van der Waals surface area contributed by atoms with Crippen LogP contribution in [0.2, 0.25) is 5.02 Å². The van der Waals surface area contributed by atoms with E-state index < -0.39 is 38.9 Å². The summed E-state index contributed by atoms with van der Waals surface area (Å²) in [4.78, 5) is 16.6. The first-order valence-corrected chi connectivity index (χ1v) is 12.8. The Morgan fingerprint density at radius 1 is 1.26 bits per heavy atom. The summed E-state index contributed by atoms with van der Waals surface area (Å²) in [7, 11) is -2.97. The summed E-state index contributed by atoms with van der Waals surface area (Å²) in [6.45, 7) is 1.26. The fourth-order valence-electron chi connectivity index (χ4n) is 2.75. The van der Waals surface area contributed by atoms with Crippen molar-refractivity contribution in [2.75, 3.05) is 33.4 Å². The topological polar surface area (TPSA) is 140 Å². The summed E-state index contributed by atoms with van der Waals surface area (Å²) >= 11 is 5.94. The molecule has 0 bridgehead atoms. The molecule has 0 radical (unpaired) electrons. The second-order valence-electron chi connectivity index (χ2n) is 7.28. The van der Waals surface area contributed by atoms with Crippen LogP contribution >= 0.6 is 11.6 Å². The van der Waals surface area contributed by atoms with Gasteiger partial charge in [-0.25, -0.2) is 9.78 Å². The number of alkyl halides is 3. The van der Waals surface area contributed by atoms with Gasteiger partial charge >= 0.3 is 22.5 Å². The summed E-state index contributed by atoms with van der Waals surface area (Å²) in [6.07, 6.45) is -5.43. The molecule has 0 aliphatic heterocycles. The van der Waals surface area contributed by atoms with E-state index in [0.717, 1.165) is 0 Å². The van der Waals surface area contributed by atoms with Gasteiger partial charge in [-0.1, -0.05) is 24.6 Å². The molecule has 0 unspecified atom stereocenters. The quantitative estimate of drug-likeness (QED) is 0.338. The molecule has 1 aromatic carbocycles. The number of para-hydroxylation sites is 1. The van der Waals surface area contributed by atoms with Crippen LogP contribution in [-0.2, 0) is 21.1 Å². The van der Waals surface area contributed by atoms with Gasteiger partial charge in [0, 0.05) is 32.8 Å². The van der Waals surface area contributed by atoms with Gasteiger partial charge in [0.2, 0.25) is 11.6 Å². The fraction of sp³-hybridized carbons (Fsp3) is 0.409. The number of halogens is 4. The number of rotatable bonds is 13. The average Bonchev–Trinajstić information content (AvgIpc) is 2.84. The zero-order valence-corrected chi connectivity index (χ0v) is 21.8. The van der Waals surface area contributed by atoms with Crippen LogP contribution in [0, 0.1) is 11.3 Å². The van der Waals surface area contributed by atoms with E-state index in [0.29, 0.717) is 16.6 Å². The third-order valence-electron chi connectivity index (χ3n) is 4.46. The maximum Gasteiger partial charge on any atom is 0.430 e. The van der Waals surface area contributed by atoms with Gasteiger partial charge in [0.05, 0.1) is 18.2 Å². The summed E-state index contributed by atoms with van der Waals surface area (Å²) < 4.78 is 88.2. The lowest BCUT2D eigenvalue weighted by Crippen LogP contribution is -2.46. The SMILES string of the molecule is CCCN(C(=O)Oc1c(OCCOC)cccc1Oc1ncc(C(F)(F)F)cc1Cl)S(=O)(=O)NCCC#N. The second kappa shape index (κ2) is 14.0. The van der Waals surface area contributed by atoms with Gasteiger partial charge in [0.1, 0.15) is 11.6 Å². The van der Waals surface area contributed by atoms with Crippen molar-refractivity contribution < 1.29 is 45.3 Å². The Balaban J connectivity index is 2.45. The van der Waals surface area contributed by atoms with Crippen LogP contribution in [-0.4, -0.2) is 57.2 Å². The van der Waals surface area contributed by atoms with E-state index in [1.807, 2.05) is 0 Å². The van der Waals surface area contributed by atoms with Gasteiger partial charge in [0.15, 0.2) is 11.5 Å². The van der Waals surface area contributed by atoms with E-state index in [4.69, 9.17) is 35.8 Å². The van der Waals surface area contributed by atoms with E-state index >= 15 is 0 Å². The maximum absolute atomic E-state index is 13.0. The van der Waals surface area contributed by atoms with Crippen LogP contribution < -0.4 is 18.9 Å². The molecule has 1 aromatic heterocycles. The van der Waals surface area contributed by atoms with Gasteiger partial charge < -0.3 is 18.9 Å². The van der Waals surface area contributed by atoms with Crippen molar-refractivity contribution in [1.82, 2.24) is 14.0 Å². The summed E-state index contributed by atoms with van der Waals surface area (Å²) in [5.74, 6) is -1.15. The van der Waals surface area contributed by atoms with E-state index in [2.05, 4.69) is 9.71 Å². The monoisotopic (exact) mass is 580 g/mol. The molecule has 0 saturated carbocycles. The smallest absolute Gasteiger partial charge is 0.430 e. The Hall–Kier alpha value is -3.32. The fourth-order valence-corrected chi connectivity index (χ4v) is 4.13. The van der Waals surface area contributed by atoms with Crippen LogP contribution in [0.5, 0.6) is 23.1 Å². The van der Waals surface area contributed by atoms with Crippen molar-refractivity contribution in [1.29, 1.82) is 5.26 Å². The minimum Gasteiger partial charge on any atom is -0.487 e. The molecule has 2 aromatic rings. The molecule has 11 nitrogen and oxygen atoms in total. The predicted molar refractivity (Wildman–Crippen MR) is 128 cm³/mol. The first kappa shape index (κ1) is 30.9. The number of hydrogen-bond acceptors (Lipinski definition) is 9. The molecule has 208 valence electrons. The highest BCUT2D eigenvalue weighted by Gasteiger charge is 2.33. The Kier molecular flexibility index (Phi) is 11.4. The van der Waals surface area contributed by atoms with Crippen molar-refractivity contribution in [3.8, 4) is 29.2 Å². The normalized spacial score (nSPS) is 11.5. The third-order valence-corrected chi connectivity index (χ3v) is 6.21. The summed E-state index contributed by atoms with van der Waals surface area (Å²) in [6, 6.07) is 6.48. The second-order valence-corrected chi connectivity index (χ2v) is 9.37. The number of hydrogen-bond donors (Lipinski definition) is 1. The number of aromatic nitrogens is 1. The van der Waals surface area contributed by atoms with Crippen LogP contribution in [0.15, 0.2) is 30.5 Å². The highest BCUT2D eigenvalue weighted by atomic mass is 35.5. The zero-order valence-electron chi connectivity index (χ0n) is 20.2. The van der Waals surface area contributed by atoms with Gasteiger partial charge in [-0.15, -0.1) is 0 Å².